The molecule has 0 unspecified atom stereocenters. The third-order valence-electron chi connectivity index (χ3n) is 3.90. The van der Waals surface area contributed by atoms with Crippen LogP contribution in [0.15, 0.2) is 53.9 Å². The lowest BCUT2D eigenvalue weighted by molar-refractivity contribution is -0.122. The number of halogens is 1. The first-order chi connectivity index (χ1) is 10.7. The van der Waals surface area contributed by atoms with Crippen LogP contribution in [-0.4, -0.2) is 5.91 Å². The van der Waals surface area contributed by atoms with Crippen molar-refractivity contribution in [1.29, 1.82) is 0 Å². The molecule has 1 amide bonds. The topological polar surface area (TPSA) is 29.1 Å². The molecule has 2 nitrogen and oxygen atoms in total. The van der Waals surface area contributed by atoms with Gasteiger partial charge in [0.05, 0.1) is 6.04 Å². The average Bonchev–Trinajstić information content (AvgIpc) is 3.19. The summed E-state index contributed by atoms with van der Waals surface area (Å²) in [5, 5.41) is 5.08. The van der Waals surface area contributed by atoms with Crippen LogP contribution in [0.1, 0.15) is 35.7 Å². The van der Waals surface area contributed by atoms with Crippen LogP contribution in [0, 0.1) is 11.7 Å². The summed E-state index contributed by atoms with van der Waals surface area (Å²) in [6.07, 6.45) is 6.88. The van der Waals surface area contributed by atoms with Crippen molar-refractivity contribution < 1.29 is 9.18 Å². The zero-order chi connectivity index (χ0) is 15.4. The number of thiophene rings is 1. The van der Waals surface area contributed by atoms with E-state index in [4.69, 9.17) is 0 Å². The predicted octanol–water partition coefficient (Wildman–Crippen LogP) is 4.45. The number of allylic oxidation sites excluding steroid dienone is 2. The molecular weight excluding hydrogens is 297 g/mol. The van der Waals surface area contributed by atoms with Crippen LogP contribution in [0.5, 0.6) is 0 Å². The second-order valence-corrected chi connectivity index (χ2v) is 6.52. The van der Waals surface area contributed by atoms with Gasteiger partial charge in [-0.2, -0.15) is 0 Å². The second kappa shape index (κ2) is 6.88. The van der Waals surface area contributed by atoms with Crippen LogP contribution >= 0.6 is 11.3 Å². The fourth-order valence-electron chi connectivity index (χ4n) is 2.75. The van der Waals surface area contributed by atoms with Gasteiger partial charge in [-0.3, -0.25) is 4.79 Å². The predicted molar refractivity (Wildman–Crippen MR) is 87.2 cm³/mol. The largest absolute Gasteiger partial charge is 0.344 e. The highest BCUT2D eigenvalue weighted by Crippen LogP contribution is 2.27. The number of benzene rings is 1. The highest BCUT2D eigenvalue weighted by Gasteiger charge is 2.20. The molecule has 1 aromatic heterocycles. The molecule has 114 valence electrons. The molecule has 0 saturated heterocycles. The average molecular weight is 315 g/mol. The first kappa shape index (κ1) is 15.0. The molecule has 2 aromatic rings. The Morgan fingerprint density at radius 2 is 2.14 bits per heavy atom. The lowest BCUT2D eigenvalue weighted by Gasteiger charge is -2.19. The van der Waals surface area contributed by atoms with E-state index in [1.54, 1.807) is 23.5 Å². The van der Waals surface area contributed by atoms with E-state index < -0.39 is 0 Å². The lowest BCUT2D eigenvalue weighted by Crippen LogP contribution is -2.29. The van der Waals surface area contributed by atoms with Crippen molar-refractivity contribution >= 4 is 17.2 Å². The number of hydrogen-bond donors (Lipinski definition) is 1. The summed E-state index contributed by atoms with van der Waals surface area (Å²) >= 11 is 1.59. The van der Waals surface area contributed by atoms with Gasteiger partial charge in [0.1, 0.15) is 5.82 Å². The van der Waals surface area contributed by atoms with E-state index in [0.29, 0.717) is 12.3 Å². The Labute approximate surface area is 133 Å². The molecule has 4 heteroatoms. The summed E-state index contributed by atoms with van der Waals surface area (Å²) < 4.78 is 13.1. The third-order valence-corrected chi connectivity index (χ3v) is 4.83. The highest BCUT2D eigenvalue weighted by atomic mass is 32.1. The minimum absolute atomic E-state index is 0.0410. The van der Waals surface area contributed by atoms with E-state index in [-0.39, 0.29) is 17.8 Å². The van der Waals surface area contributed by atoms with Gasteiger partial charge in [-0.1, -0.05) is 30.4 Å². The minimum Gasteiger partial charge on any atom is -0.344 e. The van der Waals surface area contributed by atoms with Gasteiger partial charge in [-0.15, -0.1) is 11.3 Å². The van der Waals surface area contributed by atoms with Crippen LogP contribution in [0.4, 0.5) is 4.39 Å². The van der Waals surface area contributed by atoms with Crippen molar-refractivity contribution in [1.82, 2.24) is 5.32 Å². The van der Waals surface area contributed by atoms with Crippen molar-refractivity contribution in [3.05, 3.63) is 70.2 Å². The Kier molecular flexibility index (Phi) is 4.68. The summed E-state index contributed by atoms with van der Waals surface area (Å²) in [7, 11) is 0. The number of carbonyl (C=O) groups is 1. The number of nitrogens with one attached hydrogen (secondary N) is 1. The Morgan fingerprint density at radius 1 is 1.32 bits per heavy atom. The maximum Gasteiger partial charge on any atom is 0.221 e. The van der Waals surface area contributed by atoms with E-state index in [1.807, 2.05) is 17.5 Å². The Hall–Kier alpha value is -1.94. The van der Waals surface area contributed by atoms with Gasteiger partial charge in [0.15, 0.2) is 0 Å². The molecule has 1 aliphatic rings. The van der Waals surface area contributed by atoms with Crippen LogP contribution < -0.4 is 5.32 Å². The van der Waals surface area contributed by atoms with E-state index in [1.165, 1.54) is 12.1 Å². The van der Waals surface area contributed by atoms with Gasteiger partial charge in [0, 0.05) is 11.3 Å². The smallest absolute Gasteiger partial charge is 0.221 e. The summed E-state index contributed by atoms with van der Waals surface area (Å²) in [4.78, 5) is 13.4. The van der Waals surface area contributed by atoms with Gasteiger partial charge in [-0.25, -0.2) is 4.39 Å². The molecule has 0 spiro atoms. The Morgan fingerprint density at radius 3 is 2.77 bits per heavy atom. The van der Waals surface area contributed by atoms with Gasteiger partial charge < -0.3 is 5.32 Å². The molecule has 22 heavy (non-hydrogen) atoms. The van der Waals surface area contributed by atoms with Crippen LogP contribution in [0.25, 0.3) is 0 Å². The first-order valence-electron chi connectivity index (χ1n) is 7.47. The lowest BCUT2D eigenvalue weighted by atomic mass is 10.0. The molecule has 1 aromatic carbocycles. The molecule has 0 fully saturated rings. The third kappa shape index (κ3) is 3.63. The van der Waals surface area contributed by atoms with Gasteiger partial charge in [-0.05, 0) is 47.9 Å². The summed E-state index contributed by atoms with van der Waals surface area (Å²) in [5.74, 6) is 0.118. The number of rotatable bonds is 5. The monoisotopic (exact) mass is 315 g/mol. The number of hydrogen-bond acceptors (Lipinski definition) is 2. The quantitative estimate of drug-likeness (QED) is 0.812. The molecule has 3 rings (SSSR count). The fourth-order valence-corrected chi connectivity index (χ4v) is 3.56. The Balaban J connectivity index is 1.75. The van der Waals surface area contributed by atoms with Crippen molar-refractivity contribution in [2.45, 2.75) is 25.3 Å². The minimum atomic E-state index is -0.268. The number of carbonyl (C=O) groups excluding carboxylic acids is 1. The summed E-state index contributed by atoms with van der Waals surface area (Å²) in [6.45, 7) is 0. The van der Waals surface area contributed by atoms with E-state index >= 15 is 0 Å². The SMILES string of the molecule is O=C(C[C@H]1C=CCC1)N[C@@H](c1ccc(F)cc1)c1cccs1. The maximum atomic E-state index is 13.1. The van der Waals surface area contributed by atoms with Crippen molar-refractivity contribution in [2.24, 2.45) is 5.92 Å². The second-order valence-electron chi connectivity index (χ2n) is 5.54. The molecule has 1 heterocycles. The van der Waals surface area contributed by atoms with E-state index in [0.717, 1.165) is 23.3 Å². The maximum absolute atomic E-state index is 13.1. The van der Waals surface area contributed by atoms with Crippen LogP contribution in [0.2, 0.25) is 0 Å². The molecule has 1 N–H and O–H groups in total. The first-order valence-corrected chi connectivity index (χ1v) is 8.35. The van der Waals surface area contributed by atoms with Crippen molar-refractivity contribution in [3.8, 4) is 0 Å². The van der Waals surface area contributed by atoms with Crippen LogP contribution in [0.3, 0.4) is 0 Å². The summed E-state index contributed by atoms with van der Waals surface area (Å²) in [5.41, 5.74) is 0.902. The molecule has 2 atom stereocenters. The summed E-state index contributed by atoms with van der Waals surface area (Å²) in [6, 6.07) is 10.1. The zero-order valence-corrected chi connectivity index (χ0v) is 13.0. The van der Waals surface area contributed by atoms with Gasteiger partial charge in [0.25, 0.3) is 0 Å². The standard InChI is InChI=1S/C18H18FNOS/c19-15-9-7-14(8-10-15)18(16-6-3-11-22-16)20-17(21)12-13-4-1-2-5-13/h1,3-4,6-11,13,18H,2,5,12H2,(H,20,21)/t13-,18-/m0/s1. The normalized spacial score (nSPS) is 18.3. The van der Waals surface area contributed by atoms with E-state index in [9.17, 15) is 9.18 Å². The molecule has 1 aliphatic carbocycles. The van der Waals surface area contributed by atoms with Gasteiger partial charge in [0.2, 0.25) is 5.91 Å². The number of amides is 1. The fraction of sp³-hybridized carbons (Fsp3) is 0.278. The zero-order valence-electron chi connectivity index (χ0n) is 12.2. The Bertz CT molecular complexity index is 648. The van der Waals surface area contributed by atoms with Gasteiger partial charge >= 0.3 is 0 Å². The van der Waals surface area contributed by atoms with E-state index in [2.05, 4.69) is 17.5 Å². The van der Waals surface area contributed by atoms with Crippen LogP contribution in [-0.2, 0) is 4.79 Å². The molecule has 0 aliphatic heterocycles. The molecule has 0 saturated carbocycles. The van der Waals surface area contributed by atoms with Crippen molar-refractivity contribution in [2.75, 3.05) is 0 Å². The van der Waals surface area contributed by atoms with Crippen molar-refractivity contribution in [3.63, 3.8) is 0 Å². The molecule has 0 bridgehead atoms. The highest BCUT2D eigenvalue weighted by molar-refractivity contribution is 7.10. The molecule has 0 radical (unpaired) electrons. The molecular formula is C18H18FNOS.